The van der Waals surface area contributed by atoms with Crippen LogP contribution in [0, 0.1) is 0 Å². The minimum Gasteiger partial charge on any atom is -0.290 e. The van der Waals surface area contributed by atoms with Gasteiger partial charge in [0.15, 0.2) is 5.82 Å². The van der Waals surface area contributed by atoms with Crippen LogP contribution in [0.25, 0.3) is 0 Å². The van der Waals surface area contributed by atoms with Crippen molar-refractivity contribution in [1.29, 1.82) is 0 Å². The van der Waals surface area contributed by atoms with Crippen molar-refractivity contribution >= 4 is 11.8 Å². The number of nitrogens with two attached hydrogens (primary N) is 1. The maximum absolute atomic E-state index is 10.6. The minimum atomic E-state index is -0.523. The van der Waals surface area contributed by atoms with Crippen LogP contribution in [0.4, 0.5) is 10.6 Å². The average molecular weight is 153 g/mol. The Balaban J connectivity index is 2.58. The molecule has 2 amide bonds. The Labute approximate surface area is 62.8 Å². The Morgan fingerprint density at radius 2 is 2.36 bits per heavy atom. The van der Waals surface area contributed by atoms with Crippen molar-refractivity contribution in [3.05, 3.63) is 18.6 Å². The first-order valence-corrected chi connectivity index (χ1v) is 2.86. The van der Waals surface area contributed by atoms with E-state index < -0.39 is 6.03 Å². The molecule has 0 saturated heterocycles. The van der Waals surface area contributed by atoms with E-state index in [1.54, 1.807) is 0 Å². The van der Waals surface area contributed by atoms with Crippen molar-refractivity contribution in [2.45, 2.75) is 0 Å². The summed E-state index contributed by atoms with van der Waals surface area (Å²) in [4.78, 5) is 18.1. The lowest BCUT2D eigenvalue weighted by Crippen LogP contribution is -2.34. The predicted molar refractivity (Wildman–Crippen MR) is 38.4 cm³/mol. The number of aromatic nitrogens is 2. The highest BCUT2D eigenvalue weighted by Gasteiger charge is 1.97. The topological polar surface area (TPSA) is 92.9 Å². The van der Waals surface area contributed by atoms with Gasteiger partial charge in [0, 0.05) is 12.4 Å². The monoisotopic (exact) mass is 153 g/mol. The molecule has 0 aliphatic carbocycles. The van der Waals surface area contributed by atoms with Crippen LogP contribution < -0.4 is 16.6 Å². The Kier molecular flexibility index (Phi) is 2.34. The maximum atomic E-state index is 10.6. The largest absolute Gasteiger partial charge is 0.334 e. The Morgan fingerprint density at radius 1 is 1.55 bits per heavy atom. The summed E-state index contributed by atoms with van der Waals surface area (Å²) < 4.78 is 0. The zero-order valence-corrected chi connectivity index (χ0v) is 5.61. The van der Waals surface area contributed by atoms with E-state index in [2.05, 4.69) is 15.3 Å². The lowest BCUT2D eigenvalue weighted by molar-refractivity contribution is 0.252. The van der Waals surface area contributed by atoms with Gasteiger partial charge in [-0.2, -0.15) is 0 Å². The first-order chi connectivity index (χ1) is 5.33. The number of hydrogen-bond donors (Lipinski definition) is 3. The highest BCUT2D eigenvalue weighted by molar-refractivity contribution is 5.87. The van der Waals surface area contributed by atoms with Crippen LogP contribution in [0.5, 0.6) is 0 Å². The average Bonchev–Trinajstić information content (AvgIpc) is 2.06. The van der Waals surface area contributed by atoms with Gasteiger partial charge in [-0.25, -0.2) is 15.6 Å². The normalized spacial score (nSPS) is 8.82. The zero-order chi connectivity index (χ0) is 8.10. The molecule has 0 spiro atoms. The van der Waals surface area contributed by atoms with E-state index in [-0.39, 0.29) is 0 Å². The Bertz CT molecular complexity index is 236. The number of carbonyl (C=O) groups excluding carboxylic acids is 1. The van der Waals surface area contributed by atoms with E-state index in [1.165, 1.54) is 18.6 Å². The van der Waals surface area contributed by atoms with Crippen LogP contribution in [-0.2, 0) is 0 Å². The van der Waals surface area contributed by atoms with Gasteiger partial charge in [-0.15, -0.1) is 0 Å². The van der Waals surface area contributed by atoms with Crippen molar-refractivity contribution in [2.75, 3.05) is 5.32 Å². The summed E-state index contributed by atoms with van der Waals surface area (Å²) in [7, 11) is 0. The van der Waals surface area contributed by atoms with Crippen LogP contribution in [0.2, 0.25) is 0 Å². The van der Waals surface area contributed by atoms with Crippen molar-refractivity contribution in [2.24, 2.45) is 5.84 Å². The maximum Gasteiger partial charge on any atom is 0.334 e. The number of nitrogens with zero attached hydrogens (tertiary/aromatic N) is 2. The lowest BCUT2D eigenvalue weighted by Gasteiger charge is -2.00. The fraction of sp³-hybridized carbons (Fsp3) is 0. The van der Waals surface area contributed by atoms with Crippen molar-refractivity contribution < 1.29 is 4.79 Å². The molecule has 0 aliphatic rings. The minimum absolute atomic E-state index is 0.357. The third-order valence-electron chi connectivity index (χ3n) is 0.936. The Morgan fingerprint density at radius 3 is 2.91 bits per heavy atom. The van der Waals surface area contributed by atoms with E-state index in [1.807, 2.05) is 5.43 Å². The number of nitrogens with one attached hydrogen (secondary N) is 2. The molecule has 0 unspecified atom stereocenters. The highest BCUT2D eigenvalue weighted by Crippen LogP contribution is 1.94. The molecule has 6 nitrogen and oxygen atoms in total. The summed E-state index contributed by atoms with van der Waals surface area (Å²) in [5.74, 6) is 5.17. The smallest absolute Gasteiger partial charge is 0.290 e. The van der Waals surface area contributed by atoms with E-state index in [4.69, 9.17) is 5.84 Å². The van der Waals surface area contributed by atoms with Crippen LogP contribution >= 0.6 is 0 Å². The van der Waals surface area contributed by atoms with E-state index in [9.17, 15) is 4.79 Å². The molecule has 58 valence electrons. The number of hydrazine groups is 1. The molecule has 0 saturated carbocycles. The second kappa shape index (κ2) is 3.47. The molecule has 0 radical (unpaired) electrons. The summed E-state index contributed by atoms with van der Waals surface area (Å²) in [6, 6.07) is -0.523. The first kappa shape index (κ1) is 7.42. The molecule has 1 rings (SSSR count). The zero-order valence-electron chi connectivity index (χ0n) is 5.61. The highest BCUT2D eigenvalue weighted by atomic mass is 16.2. The van der Waals surface area contributed by atoms with Gasteiger partial charge in [0.1, 0.15) is 0 Å². The molecule has 1 heterocycles. The first-order valence-electron chi connectivity index (χ1n) is 2.86. The fourth-order valence-electron chi connectivity index (χ4n) is 0.516. The van der Waals surface area contributed by atoms with Crippen LogP contribution in [-0.4, -0.2) is 16.0 Å². The lowest BCUT2D eigenvalue weighted by atomic mass is 10.6. The molecule has 1 aromatic rings. The summed E-state index contributed by atoms with van der Waals surface area (Å²) in [6.45, 7) is 0. The van der Waals surface area contributed by atoms with Crippen LogP contribution in [0.15, 0.2) is 18.6 Å². The van der Waals surface area contributed by atoms with Crippen molar-refractivity contribution in [1.82, 2.24) is 15.4 Å². The summed E-state index contributed by atoms with van der Waals surface area (Å²) >= 11 is 0. The molecule has 1 aromatic heterocycles. The van der Waals surface area contributed by atoms with Gasteiger partial charge < -0.3 is 0 Å². The third-order valence-corrected chi connectivity index (χ3v) is 0.936. The second-order valence-electron chi connectivity index (χ2n) is 1.69. The molecule has 0 fully saturated rings. The van der Waals surface area contributed by atoms with E-state index in [0.29, 0.717) is 5.82 Å². The molecule has 0 atom stereocenters. The molecular formula is C5H7N5O. The molecule has 4 N–H and O–H groups in total. The number of hydrogen-bond acceptors (Lipinski definition) is 4. The van der Waals surface area contributed by atoms with Gasteiger partial charge in [0.2, 0.25) is 0 Å². The van der Waals surface area contributed by atoms with Gasteiger partial charge in [-0.1, -0.05) is 0 Å². The van der Waals surface area contributed by atoms with Gasteiger partial charge in [-0.3, -0.25) is 15.7 Å². The summed E-state index contributed by atoms with van der Waals surface area (Å²) in [6.07, 6.45) is 4.38. The SMILES string of the molecule is NNC(=O)Nc1cnccn1. The second-order valence-corrected chi connectivity index (χ2v) is 1.69. The number of amides is 2. The quantitative estimate of drug-likeness (QED) is 0.287. The Hall–Kier alpha value is -1.69. The van der Waals surface area contributed by atoms with Crippen LogP contribution in [0.3, 0.4) is 0 Å². The van der Waals surface area contributed by atoms with Crippen molar-refractivity contribution in [3.63, 3.8) is 0 Å². The number of rotatable bonds is 1. The molecule has 0 bridgehead atoms. The van der Waals surface area contributed by atoms with Gasteiger partial charge in [-0.05, 0) is 0 Å². The van der Waals surface area contributed by atoms with Gasteiger partial charge >= 0.3 is 6.03 Å². The fourth-order valence-corrected chi connectivity index (χ4v) is 0.516. The third kappa shape index (κ3) is 2.18. The van der Waals surface area contributed by atoms with E-state index >= 15 is 0 Å². The van der Waals surface area contributed by atoms with Crippen molar-refractivity contribution in [3.8, 4) is 0 Å². The molecule has 6 heteroatoms. The molecular weight excluding hydrogens is 146 g/mol. The summed E-state index contributed by atoms with van der Waals surface area (Å²) in [5, 5.41) is 2.34. The number of anilines is 1. The molecule has 0 aromatic carbocycles. The standard InChI is InChI=1S/C5H7N5O/c6-10-5(11)9-4-3-7-1-2-8-4/h1-3H,6H2,(H2,8,9,10,11). The number of carbonyl (C=O) groups is 1. The van der Waals surface area contributed by atoms with Gasteiger partial charge in [0.25, 0.3) is 0 Å². The van der Waals surface area contributed by atoms with E-state index in [0.717, 1.165) is 0 Å². The molecule has 11 heavy (non-hydrogen) atoms. The molecule has 0 aliphatic heterocycles. The van der Waals surface area contributed by atoms with Crippen LogP contribution in [0.1, 0.15) is 0 Å². The van der Waals surface area contributed by atoms with Gasteiger partial charge in [0.05, 0.1) is 6.20 Å². The predicted octanol–water partition coefficient (Wildman–Crippen LogP) is -0.528. The summed E-state index contributed by atoms with van der Waals surface area (Å²) in [5.41, 5.74) is 1.90. The number of urea groups is 1.